The molecule has 1 N–H and O–H groups in total. The van der Waals surface area contributed by atoms with Crippen LogP contribution in [0.3, 0.4) is 0 Å². The molecule has 0 aromatic heterocycles. The van der Waals surface area contributed by atoms with Gasteiger partial charge in [-0.15, -0.1) is 0 Å². The highest BCUT2D eigenvalue weighted by Crippen LogP contribution is 2.12. The topological polar surface area (TPSA) is 63.6 Å². The average Bonchev–Trinajstić information content (AvgIpc) is 2.37. The average molecular weight is 282 g/mol. The lowest BCUT2D eigenvalue weighted by Crippen LogP contribution is -2.21. The van der Waals surface area contributed by atoms with Crippen LogP contribution in [0, 0.1) is 11.8 Å². The number of benzene rings is 1. The van der Waals surface area contributed by atoms with Gasteiger partial charge in [0.2, 0.25) is 0 Å². The molecule has 0 spiro atoms. The van der Waals surface area contributed by atoms with E-state index in [9.17, 15) is 8.42 Å². The van der Waals surface area contributed by atoms with Crippen LogP contribution in [0.25, 0.3) is 0 Å². The van der Waals surface area contributed by atoms with Gasteiger partial charge in [0.05, 0.1) is 11.0 Å². The van der Waals surface area contributed by atoms with E-state index in [1.807, 2.05) is 0 Å². The van der Waals surface area contributed by atoms with E-state index in [1.54, 1.807) is 38.1 Å². The molecule has 0 aliphatic heterocycles. The summed E-state index contributed by atoms with van der Waals surface area (Å²) in [4.78, 5) is 0. The van der Waals surface area contributed by atoms with Crippen LogP contribution in [-0.4, -0.2) is 37.7 Å². The predicted molar refractivity (Wildman–Crippen MR) is 74.8 cm³/mol. The van der Waals surface area contributed by atoms with Crippen LogP contribution in [-0.2, 0) is 9.84 Å². The van der Waals surface area contributed by atoms with Crippen LogP contribution in [0.4, 0.5) is 0 Å². The van der Waals surface area contributed by atoms with E-state index in [1.165, 1.54) is 0 Å². The Morgan fingerprint density at radius 1 is 1.26 bits per heavy atom. The van der Waals surface area contributed by atoms with Crippen molar-refractivity contribution in [1.82, 2.24) is 0 Å². The zero-order valence-corrected chi connectivity index (χ0v) is 11.9. The molecule has 1 aromatic rings. The highest BCUT2D eigenvalue weighted by Gasteiger charge is 2.15. The van der Waals surface area contributed by atoms with Crippen molar-refractivity contribution >= 4 is 9.84 Å². The number of rotatable bonds is 5. The monoisotopic (exact) mass is 282 g/mol. The summed E-state index contributed by atoms with van der Waals surface area (Å²) in [6.07, 6.45) is 0. The van der Waals surface area contributed by atoms with E-state index in [4.69, 9.17) is 9.84 Å². The van der Waals surface area contributed by atoms with Crippen LogP contribution in [0.5, 0.6) is 5.75 Å². The van der Waals surface area contributed by atoms with Crippen molar-refractivity contribution in [2.24, 2.45) is 0 Å². The smallest absolute Gasteiger partial charge is 0.155 e. The summed E-state index contributed by atoms with van der Waals surface area (Å²) in [6.45, 7) is 3.28. The van der Waals surface area contributed by atoms with Gasteiger partial charge in [0, 0.05) is 5.56 Å². The van der Waals surface area contributed by atoms with Crippen molar-refractivity contribution < 1.29 is 18.3 Å². The normalized spacial score (nSPS) is 10.9. The van der Waals surface area contributed by atoms with Crippen LogP contribution in [0.1, 0.15) is 19.4 Å². The highest BCUT2D eigenvalue weighted by atomic mass is 32.2. The number of hydrogen-bond donors (Lipinski definition) is 1. The van der Waals surface area contributed by atoms with E-state index in [0.717, 1.165) is 5.56 Å². The van der Waals surface area contributed by atoms with Crippen molar-refractivity contribution in [2.75, 3.05) is 19.0 Å². The second-order valence-electron chi connectivity index (χ2n) is 4.25. The molecule has 0 aliphatic carbocycles. The lowest BCUT2D eigenvalue weighted by Gasteiger charge is -2.09. The van der Waals surface area contributed by atoms with Gasteiger partial charge in [0.15, 0.2) is 9.84 Å². The Balaban J connectivity index is 2.51. The van der Waals surface area contributed by atoms with Crippen molar-refractivity contribution in [3.8, 4) is 17.6 Å². The summed E-state index contributed by atoms with van der Waals surface area (Å²) < 4.78 is 28.5. The molecule has 0 radical (unpaired) electrons. The Kier molecular flexibility index (Phi) is 5.87. The van der Waals surface area contributed by atoms with Crippen molar-refractivity contribution in [2.45, 2.75) is 19.1 Å². The van der Waals surface area contributed by atoms with E-state index >= 15 is 0 Å². The van der Waals surface area contributed by atoms with E-state index < -0.39 is 9.84 Å². The third-order valence-electron chi connectivity index (χ3n) is 2.52. The molecule has 0 saturated heterocycles. The lowest BCUT2D eigenvalue weighted by molar-refractivity contribution is 0.340. The van der Waals surface area contributed by atoms with E-state index in [-0.39, 0.29) is 24.2 Å². The summed E-state index contributed by atoms with van der Waals surface area (Å²) in [5.41, 5.74) is 0.774. The van der Waals surface area contributed by atoms with Gasteiger partial charge in [-0.3, -0.25) is 0 Å². The molecule has 0 amide bonds. The first-order valence-electron chi connectivity index (χ1n) is 6.00. The van der Waals surface area contributed by atoms with Gasteiger partial charge in [-0.05, 0) is 38.1 Å². The van der Waals surface area contributed by atoms with Gasteiger partial charge in [0.1, 0.15) is 19.0 Å². The summed E-state index contributed by atoms with van der Waals surface area (Å²) in [7, 11) is -3.06. The van der Waals surface area contributed by atoms with Crippen LogP contribution >= 0.6 is 0 Å². The van der Waals surface area contributed by atoms with E-state index in [2.05, 4.69) is 11.8 Å². The maximum atomic E-state index is 11.6. The number of hydrogen-bond acceptors (Lipinski definition) is 4. The number of sulfone groups is 1. The highest BCUT2D eigenvalue weighted by molar-refractivity contribution is 7.91. The Morgan fingerprint density at radius 3 is 2.42 bits per heavy atom. The zero-order valence-electron chi connectivity index (χ0n) is 11.1. The number of aliphatic hydroxyl groups is 1. The quantitative estimate of drug-likeness (QED) is 0.825. The molecule has 1 aromatic carbocycles. The second-order valence-corrected chi connectivity index (χ2v) is 6.93. The summed E-state index contributed by atoms with van der Waals surface area (Å²) in [5.74, 6) is 5.93. The Morgan fingerprint density at radius 2 is 1.89 bits per heavy atom. The molecule has 0 heterocycles. The fourth-order valence-corrected chi connectivity index (χ4v) is 2.07. The largest absolute Gasteiger partial charge is 0.493 e. The zero-order chi connectivity index (χ0) is 14.3. The van der Waals surface area contributed by atoms with Gasteiger partial charge in [-0.2, -0.15) is 0 Å². The Bertz CT molecular complexity index is 547. The molecule has 0 unspecified atom stereocenters. The molecule has 0 atom stereocenters. The molecule has 0 bridgehead atoms. The molecule has 0 saturated carbocycles. The third kappa shape index (κ3) is 5.33. The first-order chi connectivity index (χ1) is 8.95. The Labute approximate surface area is 114 Å². The molecular weight excluding hydrogens is 264 g/mol. The van der Waals surface area contributed by atoms with Gasteiger partial charge < -0.3 is 9.84 Å². The molecule has 19 heavy (non-hydrogen) atoms. The minimum Gasteiger partial charge on any atom is -0.493 e. The molecule has 0 fully saturated rings. The first-order valence-corrected chi connectivity index (χ1v) is 7.71. The van der Waals surface area contributed by atoms with Gasteiger partial charge in [-0.25, -0.2) is 8.42 Å². The fourth-order valence-electron chi connectivity index (χ4n) is 1.29. The SMILES string of the molecule is CC(C)S(=O)(=O)CCOc1ccc(C#CCO)cc1. The Hall–Kier alpha value is -1.51. The van der Waals surface area contributed by atoms with Crippen LogP contribution in [0.2, 0.25) is 0 Å². The summed E-state index contributed by atoms with van der Waals surface area (Å²) in [6, 6.07) is 6.97. The van der Waals surface area contributed by atoms with Gasteiger partial charge >= 0.3 is 0 Å². The molecule has 1 rings (SSSR count). The molecular formula is C14H18O4S. The second kappa shape index (κ2) is 7.17. The van der Waals surface area contributed by atoms with Gasteiger partial charge in [-0.1, -0.05) is 11.8 Å². The number of aliphatic hydroxyl groups excluding tert-OH is 1. The summed E-state index contributed by atoms with van der Waals surface area (Å²) >= 11 is 0. The maximum absolute atomic E-state index is 11.6. The fraction of sp³-hybridized carbons (Fsp3) is 0.429. The summed E-state index contributed by atoms with van der Waals surface area (Å²) in [5, 5.41) is 8.18. The number of ether oxygens (including phenoxy) is 1. The van der Waals surface area contributed by atoms with E-state index in [0.29, 0.717) is 5.75 Å². The minimum absolute atomic E-state index is 0.0107. The lowest BCUT2D eigenvalue weighted by atomic mass is 10.2. The van der Waals surface area contributed by atoms with Crippen molar-refractivity contribution in [3.63, 3.8) is 0 Å². The molecule has 5 heteroatoms. The minimum atomic E-state index is -3.06. The van der Waals surface area contributed by atoms with Gasteiger partial charge in [0.25, 0.3) is 0 Å². The predicted octanol–water partition coefficient (Wildman–Crippen LogP) is 1.23. The van der Waals surface area contributed by atoms with Crippen LogP contribution < -0.4 is 4.74 Å². The van der Waals surface area contributed by atoms with Crippen molar-refractivity contribution in [1.29, 1.82) is 0 Å². The standard InChI is InChI=1S/C14H18O4S/c1-12(2)19(16,17)11-10-18-14-7-5-13(6-8-14)4-3-9-15/h5-8,12,15H,9-11H2,1-2H3. The van der Waals surface area contributed by atoms with Crippen LogP contribution in [0.15, 0.2) is 24.3 Å². The molecule has 104 valence electrons. The molecule has 4 nitrogen and oxygen atoms in total. The van der Waals surface area contributed by atoms with Crippen molar-refractivity contribution in [3.05, 3.63) is 29.8 Å². The molecule has 0 aliphatic rings. The first kappa shape index (κ1) is 15.5. The maximum Gasteiger partial charge on any atom is 0.155 e. The third-order valence-corrected chi connectivity index (χ3v) is 4.69.